The molecule has 0 amide bonds. The minimum Gasteiger partial charge on any atom is -0.457 e. The Morgan fingerprint density at radius 2 is 1.63 bits per heavy atom. The maximum absolute atomic E-state index is 12.0. The Kier molecular flexibility index (Phi) is 12.9. The molecule has 0 saturated carbocycles. The van der Waals surface area contributed by atoms with E-state index >= 15 is 0 Å². The van der Waals surface area contributed by atoms with E-state index in [1.54, 1.807) is 6.92 Å². The fraction of sp³-hybridized carbons (Fsp3) is 0.759. The molecule has 2 fully saturated rings. The summed E-state index contributed by atoms with van der Waals surface area (Å²) in [7, 11) is -2.54. The number of hydrogen-bond acceptors (Lipinski definition) is 9. The van der Waals surface area contributed by atoms with E-state index in [1.807, 2.05) is 30.3 Å². The fourth-order valence-corrected chi connectivity index (χ4v) is 12.1. The highest BCUT2D eigenvalue weighted by molar-refractivity contribution is 6.77. The van der Waals surface area contributed by atoms with E-state index in [4.69, 9.17) is 33.6 Å². The summed E-state index contributed by atoms with van der Waals surface area (Å²) >= 11 is 0. The molecule has 0 radical (unpaired) electrons. The number of benzene rings is 1. The van der Waals surface area contributed by atoms with Gasteiger partial charge >= 0.3 is 5.97 Å². The first kappa shape index (κ1) is 34.8. The van der Waals surface area contributed by atoms with Crippen molar-refractivity contribution in [2.24, 2.45) is 10.2 Å². The second kappa shape index (κ2) is 15.9. The molecular formula is C29H46N6O7Si. The van der Waals surface area contributed by atoms with Gasteiger partial charge in [0.05, 0.1) is 31.5 Å². The van der Waals surface area contributed by atoms with Crippen molar-refractivity contribution in [2.75, 3.05) is 6.61 Å². The Balaban J connectivity index is 1.99. The minimum atomic E-state index is -2.54. The number of rotatable bonds is 13. The van der Waals surface area contributed by atoms with Gasteiger partial charge in [-0.05, 0) is 40.2 Å². The van der Waals surface area contributed by atoms with Crippen LogP contribution in [-0.4, -0.2) is 70.0 Å². The molecular weight excluding hydrogens is 572 g/mol. The molecule has 0 unspecified atom stereocenters. The van der Waals surface area contributed by atoms with Gasteiger partial charge in [-0.15, -0.1) is 0 Å². The zero-order valence-electron chi connectivity index (χ0n) is 26.4. The lowest BCUT2D eigenvalue weighted by Gasteiger charge is -2.50. The third kappa shape index (κ3) is 8.49. The van der Waals surface area contributed by atoms with Crippen LogP contribution in [0.25, 0.3) is 20.9 Å². The molecule has 43 heavy (non-hydrogen) atoms. The Bertz CT molecular complexity index is 1120. The summed E-state index contributed by atoms with van der Waals surface area (Å²) in [5.41, 5.74) is 20.3. The minimum absolute atomic E-state index is 0.0567. The van der Waals surface area contributed by atoms with E-state index in [0.29, 0.717) is 0 Å². The van der Waals surface area contributed by atoms with Gasteiger partial charge in [-0.1, -0.05) is 82.1 Å². The Labute approximate surface area is 254 Å². The Hall–Kier alpha value is -2.67. The third-order valence-corrected chi connectivity index (χ3v) is 14.5. The highest BCUT2D eigenvalue weighted by Crippen LogP contribution is 2.45. The van der Waals surface area contributed by atoms with Crippen LogP contribution in [0.2, 0.25) is 16.6 Å². The van der Waals surface area contributed by atoms with Crippen LogP contribution in [0.15, 0.2) is 40.6 Å². The van der Waals surface area contributed by atoms with Crippen LogP contribution in [0.4, 0.5) is 0 Å². The number of carbonyl (C=O) groups excluding carboxylic acids is 1. The smallest absolute Gasteiger partial charge is 0.303 e. The molecule has 2 aliphatic rings. The van der Waals surface area contributed by atoms with Crippen molar-refractivity contribution in [1.82, 2.24) is 0 Å². The number of ether oxygens (including phenoxy) is 5. The third-order valence-electron chi connectivity index (χ3n) is 8.39. The van der Waals surface area contributed by atoms with E-state index in [2.05, 4.69) is 61.6 Å². The molecule has 238 valence electrons. The molecule has 13 nitrogen and oxygen atoms in total. The number of azide groups is 2. The zero-order chi connectivity index (χ0) is 31.7. The quantitative estimate of drug-likeness (QED) is 0.0758. The summed E-state index contributed by atoms with van der Waals surface area (Å²) < 4.78 is 37.7. The summed E-state index contributed by atoms with van der Waals surface area (Å²) in [6, 6.07) is 8.24. The average molecular weight is 619 g/mol. The second-order valence-electron chi connectivity index (χ2n) is 12.1. The van der Waals surface area contributed by atoms with E-state index in [9.17, 15) is 10.3 Å². The highest BCUT2D eigenvalue weighted by atomic mass is 28.4. The van der Waals surface area contributed by atoms with Crippen LogP contribution in [0.3, 0.4) is 0 Å². The molecule has 0 spiro atoms. The van der Waals surface area contributed by atoms with Crippen molar-refractivity contribution in [3.8, 4) is 0 Å². The number of carbonyl (C=O) groups is 1. The molecule has 0 aliphatic carbocycles. The molecule has 3 rings (SSSR count). The molecule has 1 aromatic carbocycles. The van der Waals surface area contributed by atoms with Gasteiger partial charge in [0.1, 0.15) is 12.1 Å². The lowest BCUT2D eigenvalue weighted by molar-refractivity contribution is -0.303. The molecule has 2 aliphatic heterocycles. The SMILES string of the molecule is CC(=O)O[C@@H]1C[C@H](N=[N+]=[N-])[C@@H](C)O[C@H]1O[C@@H]1CO[C@@H](OCc2ccccc2)[C@H](N=[N+]=[N-])[C@H]1O[Si](C(C)C)(C(C)C)C(C)C. The van der Waals surface area contributed by atoms with Crippen molar-refractivity contribution in [2.45, 2.75) is 134 Å². The standard InChI is InChI=1S/C29H46N6O7Si/c1-17(2)43(18(3)4,19(5)6)42-27-25(41-28-24(40-21(8)36)14-23(32-34-30)20(7)39-28)16-38-29(26(27)33-35-31)37-15-22-12-10-9-11-13-22/h9-13,17-20,23-29H,14-16H2,1-8H3/t20-,23+,24-,25-,26-,27+,28+,29-/m1/s1. The summed E-state index contributed by atoms with van der Waals surface area (Å²) in [5, 5.41) is 7.96. The van der Waals surface area contributed by atoms with Crippen molar-refractivity contribution in [3.63, 3.8) is 0 Å². The van der Waals surface area contributed by atoms with E-state index in [1.165, 1.54) is 6.92 Å². The Morgan fingerprint density at radius 3 is 2.19 bits per heavy atom. The highest BCUT2D eigenvalue weighted by Gasteiger charge is 2.53. The number of esters is 1. The van der Waals surface area contributed by atoms with Gasteiger partial charge in [0.25, 0.3) is 0 Å². The summed E-state index contributed by atoms with van der Waals surface area (Å²) in [6.07, 6.45) is -4.48. The van der Waals surface area contributed by atoms with Crippen LogP contribution in [0, 0.1) is 0 Å². The molecule has 14 heteroatoms. The van der Waals surface area contributed by atoms with Gasteiger partial charge in [0, 0.05) is 23.2 Å². The van der Waals surface area contributed by atoms with Gasteiger partial charge in [-0.3, -0.25) is 4.79 Å². The van der Waals surface area contributed by atoms with Gasteiger partial charge in [0.2, 0.25) is 8.32 Å². The van der Waals surface area contributed by atoms with Crippen LogP contribution in [0.5, 0.6) is 0 Å². The maximum Gasteiger partial charge on any atom is 0.303 e. The first-order valence-electron chi connectivity index (χ1n) is 15.0. The molecule has 1 aromatic rings. The van der Waals surface area contributed by atoms with E-state index in [0.717, 1.165) is 5.56 Å². The summed E-state index contributed by atoms with van der Waals surface area (Å²) in [4.78, 5) is 18.1. The first-order valence-corrected chi connectivity index (χ1v) is 17.1. The second-order valence-corrected chi connectivity index (χ2v) is 17.5. The normalized spacial score (nSPS) is 29.7. The Morgan fingerprint density at radius 1 is 1.00 bits per heavy atom. The topological polar surface area (TPSA) is 170 Å². The van der Waals surface area contributed by atoms with E-state index < -0.39 is 63.4 Å². The van der Waals surface area contributed by atoms with Crippen LogP contribution in [-0.2, 0) is 39.5 Å². The summed E-state index contributed by atoms with van der Waals surface area (Å²) in [6.45, 7) is 16.4. The van der Waals surface area contributed by atoms with Crippen molar-refractivity contribution >= 4 is 14.3 Å². The predicted molar refractivity (Wildman–Crippen MR) is 162 cm³/mol. The van der Waals surface area contributed by atoms with Crippen molar-refractivity contribution in [3.05, 3.63) is 56.8 Å². The molecule has 2 saturated heterocycles. The summed E-state index contributed by atoms with van der Waals surface area (Å²) in [5.74, 6) is -0.517. The first-order chi connectivity index (χ1) is 20.4. The molecule has 8 atom stereocenters. The van der Waals surface area contributed by atoms with Crippen LogP contribution in [0.1, 0.15) is 67.4 Å². The molecule has 2 heterocycles. The lowest BCUT2D eigenvalue weighted by atomic mass is 10.00. The largest absolute Gasteiger partial charge is 0.457 e. The zero-order valence-corrected chi connectivity index (χ0v) is 27.4. The molecule has 0 aromatic heterocycles. The van der Waals surface area contributed by atoms with Crippen LogP contribution >= 0.6 is 0 Å². The van der Waals surface area contributed by atoms with E-state index in [-0.39, 0.29) is 36.3 Å². The number of nitrogens with zero attached hydrogens (tertiary/aromatic N) is 6. The van der Waals surface area contributed by atoms with Crippen molar-refractivity contribution < 1.29 is 32.9 Å². The predicted octanol–water partition coefficient (Wildman–Crippen LogP) is 6.93. The molecule has 0 bridgehead atoms. The van der Waals surface area contributed by atoms with Gasteiger partial charge in [-0.2, -0.15) is 0 Å². The van der Waals surface area contributed by atoms with Gasteiger partial charge < -0.3 is 28.1 Å². The monoisotopic (exact) mass is 618 g/mol. The van der Waals surface area contributed by atoms with Gasteiger partial charge in [-0.25, -0.2) is 0 Å². The van der Waals surface area contributed by atoms with Crippen molar-refractivity contribution in [1.29, 1.82) is 0 Å². The molecule has 0 N–H and O–H groups in total. The number of hydrogen-bond donors (Lipinski definition) is 0. The average Bonchev–Trinajstić information content (AvgIpc) is 2.94. The fourth-order valence-electron chi connectivity index (χ4n) is 6.49. The maximum atomic E-state index is 12.0. The van der Waals surface area contributed by atoms with Gasteiger partial charge in [0.15, 0.2) is 18.7 Å². The van der Waals surface area contributed by atoms with Crippen LogP contribution < -0.4 is 0 Å². The lowest BCUT2D eigenvalue weighted by Crippen LogP contribution is -2.62.